The maximum atomic E-state index is 11.3. The standard InChI is InChI=1S/C16H26O3/c1-4-5-6-13-9-11(2)15(18-13)8-7-14-10-12(3)16(17)19-14/h12-15H,2,4-10H2,1,3H3/t12-,13+,14?,15?/m1/s1. The number of hydrogen-bond donors (Lipinski definition) is 0. The lowest BCUT2D eigenvalue weighted by Gasteiger charge is -2.15. The first kappa shape index (κ1) is 14.6. The fourth-order valence-corrected chi connectivity index (χ4v) is 3.01. The molecular weight excluding hydrogens is 240 g/mol. The molecule has 2 rings (SSSR count). The Hall–Kier alpha value is -0.830. The van der Waals surface area contributed by atoms with Crippen molar-refractivity contribution in [2.75, 3.05) is 0 Å². The van der Waals surface area contributed by atoms with Gasteiger partial charge in [0.05, 0.1) is 18.1 Å². The van der Waals surface area contributed by atoms with Crippen molar-refractivity contribution in [3.63, 3.8) is 0 Å². The molecule has 108 valence electrons. The van der Waals surface area contributed by atoms with Gasteiger partial charge in [-0.3, -0.25) is 4.79 Å². The van der Waals surface area contributed by atoms with Crippen molar-refractivity contribution in [3.05, 3.63) is 12.2 Å². The number of esters is 1. The second-order valence-electron chi connectivity index (χ2n) is 6.02. The lowest BCUT2D eigenvalue weighted by atomic mass is 9.99. The maximum absolute atomic E-state index is 11.3. The van der Waals surface area contributed by atoms with E-state index in [0.717, 1.165) is 32.1 Å². The normalized spacial score (nSPS) is 34.8. The van der Waals surface area contributed by atoms with E-state index in [9.17, 15) is 4.79 Å². The van der Waals surface area contributed by atoms with Crippen LogP contribution in [-0.4, -0.2) is 24.3 Å². The smallest absolute Gasteiger partial charge is 0.309 e. The van der Waals surface area contributed by atoms with Crippen LogP contribution in [0, 0.1) is 5.92 Å². The molecule has 19 heavy (non-hydrogen) atoms. The zero-order valence-corrected chi connectivity index (χ0v) is 12.2. The van der Waals surface area contributed by atoms with Crippen LogP contribution in [0.2, 0.25) is 0 Å². The quantitative estimate of drug-likeness (QED) is 0.544. The lowest BCUT2D eigenvalue weighted by molar-refractivity contribution is -0.144. The summed E-state index contributed by atoms with van der Waals surface area (Å²) in [6.45, 7) is 8.28. The second kappa shape index (κ2) is 6.56. The van der Waals surface area contributed by atoms with Gasteiger partial charge >= 0.3 is 5.97 Å². The third-order valence-electron chi connectivity index (χ3n) is 4.23. The van der Waals surface area contributed by atoms with E-state index in [1.807, 2.05) is 6.92 Å². The summed E-state index contributed by atoms with van der Waals surface area (Å²) in [6.07, 6.45) is 7.92. The summed E-state index contributed by atoms with van der Waals surface area (Å²) >= 11 is 0. The summed E-state index contributed by atoms with van der Waals surface area (Å²) in [6, 6.07) is 0. The zero-order valence-electron chi connectivity index (χ0n) is 12.2. The largest absolute Gasteiger partial charge is 0.462 e. The molecule has 0 amide bonds. The van der Waals surface area contributed by atoms with E-state index < -0.39 is 0 Å². The fraction of sp³-hybridized carbons (Fsp3) is 0.812. The molecule has 2 heterocycles. The number of hydrogen-bond acceptors (Lipinski definition) is 3. The van der Waals surface area contributed by atoms with Gasteiger partial charge in [-0.15, -0.1) is 0 Å². The van der Waals surface area contributed by atoms with Crippen molar-refractivity contribution < 1.29 is 14.3 Å². The van der Waals surface area contributed by atoms with Crippen molar-refractivity contribution in [2.45, 2.75) is 77.1 Å². The third kappa shape index (κ3) is 3.82. The van der Waals surface area contributed by atoms with Crippen molar-refractivity contribution in [2.24, 2.45) is 5.92 Å². The minimum absolute atomic E-state index is 0.0445. The molecule has 0 saturated carbocycles. The van der Waals surface area contributed by atoms with Gasteiger partial charge in [-0.1, -0.05) is 33.3 Å². The molecule has 2 aliphatic heterocycles. The maximum Gasteiger partial charge on any atom is 0.309 e. The number of rotatable bonds is 6. The average Bonchev–Trinajstić information content (AvgIpc) is 2.88. The molecule has 0 radical (unpaired) electrons. The van der Waals surface area contributed by atoms with Gasteiger partial charge in [-0.25, -0.2) is 0 Å². The van der Waals surface area contributed by atoms with Crippen molar-refractivity contribution in [1.29, 1.82) is 0 Å². The molecule has 0 aromatic rings. The van der Waals surface area contributed by atoms with Crippen LogP contribution in [-0.2, 0) is 14.3 Å². The number of carbonyl (C=O) groups excluding carboxylic acids is 1. The Balaban J connectivity index is 1.71. The summed E-state index contributed by atoms with van der Waals surface area (Å²) in [5.74, 6) is 0.0204. The summed E-state index contributed by atoms with van der Waals surface area (Å²) in [5.41, 5.74) is 1.22. The predicted octanol–water partition coefficient (Wildman–Crippen LogP) is 3.62. The number of ether oxygens (including phenoxy) is 2. The van der Waals surface area contributed by atoms with Crippen LogP contribution in [0.25, 0.3) is 0 Å². The van der Waals surface area contributed by atoms with E-state index in [2.05, 4.69) is 13.5 Å². The summed E-state index contributed by atoms with van der Waals surface area (Å²) in [4.78, 5) is 11.3. The molecule has 2 saturated heterocycles. The molecule has 4 atom stereocenters. The minimum atomic E-state index is -0.0445. The molecule has 0 N–H and O–H groups in total. The topological polar surface area (TPSA) is 35.5 Å². The van der Waals surface area contributed by atoms with E-state index in [1.165, 1.54) is 18.4 Å². The molecule has 2 aliphatic rings. The van der Waals surface area contributed by atoms with Gasteiger partial charge in [0.2, 0.25) is 0 Å². The molecular formula is C16H26O3. The van der Waals surface area contributed by atoms with Crippen molar-refractivity contribution >= 4 is 5.97 Å². The molecule has 0 aliphatic carbocycles. The van der Waals surface area contributed by atoms with E-state index >= 15 is 0 Å². The van der Waals surface area contributed by atoms with E-state index in [1.54, 1.807) is 0 Å². The highest BCUT2D eigenvalue weighted by atomic mass is 16.6. The molecule has 3 nitrogen and oxygen atoms in total. The van der Waals surface area contributed by atoms with Gasteiger partial charge in [0.25, 0.3) is 0 Å². The van der Waals surface area contributed by atoms with Crippen molar-refractivity contribution in [3.8, 4) is 0 Å². The average molecular weight is 266 g/mol. The third-order valence-corrected chi connectivity index (χ3v) is 4.23. The molecule has 2 fully saturated rings. The zero-order chi connectivity index (χ0) is 13.8. The Kier molecular flexibility index (Phi) is 5.03. The summed E-state index contributed by atoms with van der Waals surface area (Å²) in [7, 11) is 0. The minimum Gasteiger partial charge on any atom is -0.462 e. The molecule has 3 heteroatoms. The van der Waals surface area contributed by atoms with Crippen LogP contribution in [0.5, 0.6) is 0 Å². The first-order chi connectivity index (χ1) is 9.10. The van der Waals surface area contributed by atoms with Gasteiger partial charge in [-0.05, 0) is 37.7 Å². The van der Waals surface area contributed by atoms with Crippen LogP contribution >= 0.6 is 0 Å². The van der Waals surface area contributed by atoms with E-state index in [4.69, 9.17) is 9.47 Å². The highest BCUT2D eigenvalue weighted by Crippen LogP contribution is 2.32. The van der Waals surface area contributed by atoms with Crippen LogP contribution in [0.15, 0.2) is 12.2 Å². The summed E-state index contributed by atoms with van der Waals surface area (Å²) in [5, 5.41) is 0. The predicted molar refractivity (Wildman–Crippen MR) is 74.8 cm³/mol. The Morgan fingerprint density at radius 2 is 2.05 bits per heavy atom. The molecule has 2 unspecified atom stereocenters. The molecule has 0 spiro atoms. The van der Waals surface area contributed by atoms with Crippen LogP contribution < -0.4 is 0 Å². The van der Waals surface area contributed by atoms with Crippen LogP contribution in [0.3, 0.4) is 0 Å². The van der Waals surface area contributed by atoms with Crippen molar-refractivity contribution in [1.82, 2.24) is 0 Å². The lowest BCUT2D eigenvalue weighted by Crippen LogP contribution is -2.15. The Labute approximate surface area is 116 Å². The first-order valence-electron chi connectivity index (χ1n) is 7.63. The van der Waals surface area contributed by atoms with E-state index in [0.29, 0.717) is 6.10 Å². The van der Waals surface area contributed by atoms with Gasteiger partial charge in [0, 0.05) is 0 Å². The van der Waals surface area contributed by atoms with Gasteiger partial charge in [-0.2, -0.15) is 0 Å². The second-order valence-corrected chi connectivity index (χ2v) is 6.02. The molecule has 0 bridgehead atoms. The fourth-order valence-electron chi connectivity index (χ4n) is 3.01. The number of unbranched alkanes of at least 4 members (excludes halogenated alkanes) is 1. The van der Waals surface area contributed by atoms with Crippen LogP contribution in [0.4, 0.5) is 0 Å². The SMILES string of the molecule is C=C1C[C@H](CCCC)OC1CCC1C[C@@H](C)C(=O)O1. The van der Waals surface area contributed by atoms with E-state index in [-0.39, 0.29) is 24.1 Å². The Morgan fingerprint density at radius 3 is 2.68 bits per heavy atom. The highest BCUT2D eigenvalue weighted by Gasteiger charge is 2.33. The monoisotopic (exact) mass is 266 g/mol. The summed E-state index contributed by atoms with van der Waals surface area (Å²) < 4.78 is 11.4. The molecule has 0 aromatic heterocycles. The van der Waals surface area contributed by atoms with Gasteiger partial charge in [0.15, 0.2) is 0 Å². The van der Waals surface area contributed by atoms with Gasteiger partial charge < -0.3 is 9.47 Å². The molecule has 0 aromatic carbocycles. The van der Waals surface area contributed by atoms with Gasteiger partial charge in [0.1, 0.15) is 6.10 Å². The Bertz CT molecular complexity index is 337. The number of cyclic esters (lactones) is 1. The first-order valence-corrected chi connectivity index (χ1v) is 7.63. The highest BCUT2D eigenvalue weighted by molar-refractivity contribution is 5.74. The number of carbonyl (C=O) groups is 1. The van der Waals surface area contributed by atoms with Crippen LogP contribution in [0.1, 0.15) is 58.8 Å². The Morgan fingerprint density at radius 1 is 1.26 bits per heavy atom.